The highest BCUT2D eigenvalue weighted by Gasteiger charge is 2.32. The second-order valence-corrected chi connectivity index (χ2v) is 3.10. The molecule has 2 N–H and O–H groups in total. The summed E-state index contributed by atoms with van der Waals surface area (Å²) in [5.74, 6) is 0.649. The molecule has 2 atom stereocenters. The zero-order valence-electron chi connectivity index (χ0n) is 6.86. The number of aliphatic hydroxyl groups is 2. The molecule has 0 aromatic carbocycles. The Hall–Kier alpha value is -1.31. The molecule has 0 spiro atoms. The fourth-order valence-electron chi connectivity index (χ4n) is 1.33. The van der Waals surface area contributed by atoms with Crippen LogP contribution < -0.4 is 5.11 Å². The summed E-state index contributed by atoms with van der Waals surface area (Å²) in [6.07, 6.45) is 4.91. The van der Waals surface area contributed by atoms with Crippen molar-refractivity contribution in [3.63, 3.8) is 0 Å². The molecular weight excluding hydrogens is 172 g/mol. The van der Waals surface area contributed by atoms with E-state index in [1.54, 1.807) is 0 Å². The lowest BCUT2D eigenvalue weighted by atomic mass is 9.84. The molecule has 4 nitrogen and oxygen atoms in total. The van der Waals surface area contributed by atoms with E-state index in [4.69, 9.17) is 6.42 Å². The van der Waals surface area contributed by atoms with E-state index in [9.17, 15) is 20.1 Å². The van der Waals surface area contributed by atoms with Gasteiger partial charge in [0.2, 0.25) is 0 Å². The first-order valence-corrected chi connectivity index (χ1v) is 3.77. The number of aliphatic carboxylic acids is 1. The van der Waals surface area contributed by atoms with Crippen molar-refractivity contribution in [1.82, 2.24) is 0 Å². The molecule has 4 heteroatoms. The number of carbonyl (C=O) groups is 1. The van der Waals surface area contributed by atoms with Crippen LogP contribution in [0.15, 0.2) is 11.6 Å². The van der Waals surface area contributed by atoms with Gasteiger partial charge in [-0.25, -0.2) is 0 Å². The van der Waals surface area contributed by atoms with Crippen LogP contribution in [0.4, 0.5) is 0 Å². The van der Waals surface area contributed by atoms with Crippen LogP contribution in [0.2, 0.25) is 0 Å². The van der Waals surface area contributed by atoms with E-state index in [0.717, 1.165) is 6.08 Å². The van der Waals surface area contributed by atoms with Gasteiger partial charge in [-0.2, -0.15) is 0 Å². The maximum absolute atomic E-state index is 10.4. The largest absolute Gasteiger partial charge is 0.545 e. The highest BCUT2D eigenvalue weighted by atomic mass is 16.4. The van der Waals surface area contributed by atoms with Gasteiger partial charge in [0.25, 0.3) is 0 Å². The lowest BCUT2D eigenvalue weighted by molar-refractivity contribution is -0.300. The van der Waals surface area contributed by atoms with E-state index in [1.807, 2.05) is 0 Å². The normalized spacial score (nSPS) is 33.3. The number of rotatable bonds is 1. The highest BCUT2D eigenvalue weighted by molar-refractivity contribution is 5.85. The summed E-state index contributed by atoms with van der Waals surface area (Å²) in [5, 5.41) is 29.1. The maximum Gasteiger partial charge on any atom is 0.132 e. The number of terminal acetylenes is 1. The van der Waals surface area contributed by atoms with Gasteiger partial charge in [-0.05, 0) is 5.57 Å². The van der Waals surface area contributed by atoms with Crippen LogP contribution in [0, 0.1) is 12.3 Å². The average molecular weight is 181 g/mol. The number of carbonyl (C=O) groups excluding carboxylic acids is 1. The fourth-order valence-corrected chi connectivity index (χ4v) is 1.33. The topological polar surface area (TPSA) is 80.6 Å². The molecule has 0 aromatic heterocycles. The van der Waals surface area contributed by atoms with Crippen LogP contribution in [0.25, 0.3) is 0 Å². The number of hydrogen-bond donors (Lipinski definition) is 2. The number of carboxylic acids is 1. The van der Waals surface area contributed by atoms with E-state index < -0.39 is 17.7 Å². The molecule has 0 radical (unpaired) electrons. The molecule has 0 saturated carbocycles. The predicted octanol–water partition coefficient (Wildman–Crippen LogP) is -1.82. The van der Waals surface area contributed by atoms with Crippen LogP contribution in [0.5, 0.6) is 0 Å². The number of hydrogen-bond acceptors (Lipinski definition) is 4. The van der Waals surface area contributed by atoms with E-state index in [-0.39, 0.29) is 18.4 Å². The van der Waals surface area contributed by atoms with E-state index in [0.29, 0.717) is 0 Å². The molecule has 0 saturated heterocycles. The molecule has 0 aliphatic heterocycles. The van der Waals surface area contributed by atoms with Crippen LogP contribution in [-0.4, -0.2) is 27.9 Å². The van der Waals surface area contributed by atoms with Gasteiger partial charge >= 0.3 is 0 Å². The summed E-state index contributed by atoms with van der Waals surface area (Å²) in [6.45, 7) is 0. The van der Waals surface area contributed by atoms with Crippen molar-refractivity contribution in [2.24, 2.45) is 0 Å². The first-order valence-electron chi connectivity index (χ1n) is 3.77. The van der Waals surface area contributed by atoms with E-state index in [2.05, 4.69) is 5.92 Å². The van der Waals surface area contributed by atoms with Gasteiger partial charge in [-0.3, -0.25) is 0 Å². The van der Waals surface area contributed by atoms with E-state index >= 15 is 0 Å². The number of carboxylic acid groups (broad SMARTS) is 1. The Morgan fingerprint density at radius 1 is 1.85 bits per heavy atom. The average Bonchev–Trinajstić information content (AvgIpc) is 2.03. The molecule has 1 rings (SSSR count). The summed E-state index contributed by atoms with van der Waals surface area (Å²) >= 11 is 0. The third-order valence-corrected chi connectivity index (χ3v) is 1.95. The second kappa shape index (κ2) is 3.21. The molecule has 0 bridgehead atoms. The lowest BCUT2D eigenvalue weighted by Crippen LogP contribution is -2.39. The van der Waals surface area contributed by atoms with Gasteiger partial charge in [0.1, 0.15) is 5.60 Å². The molecule has 0 fully saturated rings. The molecule has 13 heavy (non-hydrogen) atoms. The molecule has 0 amide bonds. The zero-order valence-corrected chi connectivity index (χ0v) is 6.86. The predicted molar refractivity (Wildman–Crippen MR) is 42.1 cm³/mol. The Morgan fingerprint density at radius 3 is 2.92 bits per heavy atom. The summed E-state index contributed by atoms with van der Waals surface area (Å²) < 4.78 is 0. The third-order valence-electron chi connectivity index (χ3n) is 1.95. The standard InChI is InChI=1S/C9H10O4/c1-2-9(13)4-6(8(11)12)3-7(10)5-9/h1,3,7,10,13H,4-5H2,(H,11,12)/p-1. The molecule has 2 unspecified atom stereocenters. The fraction of sp³-hybridized carbons (Fsp3) is 0.444. The van der Waals surface area contributed by atoms with Gasteiger partial charge in [-0.1, -0.05) is 12.0 Å². The number of aliphatic hydroxyl groups excluding tert-OH is 1. The van der Waals surface area contributed by atoms with Crippen molar-refractivity contribution in [1.29, 1.82) is 0 Å². The monoisotopic (exact) mass is 181 g/mol. The molecule has 1 aliphatic carbocycles. The van der Waals surface area contributed by atoms with Gasteiger partial charge in [0.15, 0.2) is 0 Å². The highest BCUT2D eigenvalue weighted by Crippen LogP contribution is 2.27. The zero-order chi connectivity index (χ0) is 10.1. The lowest BCUT2D eigenvalue weighted by Gasteiger charge is -2.30. The van der Waals surface area contributed by atoms with E-state index in [1.165, 1.54) is 0 Å². The Morgan fingerprint density at radius 2 is 2.46 bits per heavy atom. The van der Waals surface area contributed by atoms with Crippen LogP contribution >= 0.6 is 0 Å². The minimum Gasteiger partial charge on any atom is -0.545 e. The van der Waals surface area contributed by atoms with Crippen LogP contribution in [0.3, 0.4) is 0 Å². The Kier molecular flexibility index (Phi) is 2.41. The van der Waals surface area contributed by atoms with Crippen molar-refractivity contribution in [2.45, 2.75) is 24.5 Å². The summed E-state index contributed by atoms with van der Waals surface area (Å²) in [7, 11) is 0. The molecular formula is C9H9O4-. The van der Waals surface area contributed by atoms with Crippen LogP contribution in [-0.2, 0) is 4.79 Å². The van der Waals surface area contributed by atoms with Crippen molar-refractivity contribution in [3.05, 3.63) is 11.6 Å². The SMILES string of the molecule is C#CC1(O)CC(C(=O)[O-])=CC(O)C1. The van der Waals surface area contributed by atoms with Gasteiger partial charge in [0.05, 0.1) is 12.1 Å². The minimum absolute atomic E-state index is 0.0414. The molecule has 70 valence electrons. The van der Waals surface area contributed by atoms with Crippen molar-refractivity contribution >= 4 is 5.97 Å². The quantitative estimate of drug-likeness (QED) is 0.467. The van der Waals surface area contributed by atoms with Gasteiger partial charge < -0.3 is 20.1 Å². The smallest absolute Gasteiger partial charge is 0.132 e. The third kappa shape index (κ3) is 2.08. The Bertz CT molecular complexity index is 299. The van der Waals surface area contributed by atoms with Crippen molar-refractivity contribution in [2.75, 3.05) is 0 Å². The first kappa shape index (κ1) is 9.78. The van der Waals surface area contributed by atoms with Gasteiger partial charge in [-0.15, -0.1) is 6.42 Å². The minimum atomic E-state index is -1.57. The van der Waals surface area contributed by atoms with Crippen molar-refractivity contribution < 1.29 is 20.1 Å². The molecule has 0 heterocycles. The molecule has 0 aromatic rings. The van der Waals surface area contributed by atoms with Crippen LogP contribution in [0.1, 0.15) is 12.8 Å². The molecule has 1 aliphatic rings. The summed E-state index contributed by atoms with van der Waals surface area (Å²) in [5.41, 5.74) is -1.72. The second-order valence-electron chi connectivity index (χ2n) is 3.10. The maximum atomic E-state index is 10.4. The first-order chi connectivity index (χ1) is 5.97. The van der Waals surface area contributed by atoms with Gasteiger partial charge in [0, 0.05) is 12.8 Å². The summed E-state index contributed by atoms with van der Waals surface area (Å²) in [6, 6.07) is 0. The Balaban J connectivity index is 2.93. The van der Waals surface area contributed by atoms with Crippen molar-refractivity contribution in [3.8, 4) is 12.3 Å². The Labute approximate surface area is 75.5 Å². The summed E-state index contributed by atoms with van der Waals surface area (Å²) in [4.78, 5) is 10.4.